The molecule has 124 valence electrons. The molecule has 1 aliphatic rings. The van der Waals surface area contributed by atoms with Gasteiger partial charge in [0, 0.05) is 18.0 Å². The molecule has 0 aromatic carbocycles. The van der Waals surface area contributed by atoms with Crippen LogP contribution >= 0.6 is 11.3 Å². The average Bonchev–Trinajstić information content (AvgIpc) is 3.14. The predicted molar refractivity (Wildman–Crippen MR) is 92.8 cm³/mol. The van der Waals surface area contributed by atoms with Crippen LogP contribution in [0.4, 0.5) is 0 Å². The van der Waals surface area contributed by atoms with E-state index in [1.54, 1.807) is 6.26 Å². The molecular formula is C18H24N2O2S. The van der Waals surface area contributed by atoms with Crippen LogP contribution in [-0.2, 0) is 0 Å². The van der Waals surface area contributed by atoms with Gasteiger partial charge in [0.25, 0.3) is 5.91 Å². The van der Waals surface area contributed by atoms with Crippen LogP contribution in [0.2, 0.25) is 0 Å². The van der Waals surface area contributed by atoms with Gasteiger partial charge in [-0.25, -0.2) is 4.98 Å². The molecule has 2 aromatic heterocycles. The third-order valence-corrected chi connectivity index (χ3v) is 5.66. The van der Waals surface area contributed by atoms with Gasteiger partial charge in [-0.1, -0.05) is 32.1 Å². The molecule has 4 nitrogen and oxygen atoms in total. The zero-order valence-corrected chi connectivity index (χ0v) is 14.7. The zero-order valence-electron chi connectivity index (χ0n) is 13.9. The molecule has 1 aliphatic carbocycles. The topological polar surface area (TPSA) is 46.3 Å². The second-order valence-corrected chi connectivity index (χ2v) is 7.52. The molecule has 2 heterocycles. The minimum absolute atomic E-state index is 0.0436. The maximum Gasteiger partial charge on any atom is 0.273 e. The van der Waals surface area contributed by atoms with Crippen LogP contribution in [0.25, 0.3) is 10.8 Å². The number of hydrogen-bond acceptors (Lipinski definition) is 4. The average molecular weight is 332 g/mol. The van der Waals surface area contributed by atoms with Crippen LogP contribution in [0.3, 0.4) is 0 Å². The Morgan fingerprint density at radius 3 is 2.61 bits per heavy atom. The van der Waals surface area contributed by atoms with E-state index in [4.69, 9.17) is 4.42 Å². The largest absolute Gasteiger partial charge is 0.462 e. The molecule has 0 spiro atoms. The quantitative estimate of drug-likeness (QED) is 0.803. The Labute approximate surface area is 141 Å². The van der Waals surface area contributed by atoms with Crippen LogP contribution in [0, 0.1) is 6.92 Å². The first-order valence-electron chi connectivity index (χ1n) is 8.45. The van der Waals surface area contributed by atoms with E-state index in [1.807, 2.05) is 31.0 Å². The van der Waals surface area contributed by atoms with Crippen LogP contribution in [0.1, 0.15) is 60.3 Å². The lowest BCUT2D eigenvalue weighted by Crippen LogP contribution is -2.37. The molecule has 1 saturated carbocycles. The van der Waals surface area contributed by atoms with Gasteiger partial charge in [0.1, 0.15) is 5.69 Å². The van der Waals surface area contributed by atoms with E-state index >= 15 is 0 Å². The number of amides is 1. The van der Waals surface area contributed by atoms with Gasteiger partial charge in [0.2, 0.25) is 0 Å². The Hall–Kier alpha value is -1.62. The van der Waals surface area contributed by atoms with Gasteiger partial charge in [-0.3, -0.25) is 4.79 Å². The lowest BCUT2D eigenvalue weighted by Gasteiger charge is -2.29. The molecule has 0 atom stereocenters. The summed E-state index contributed by atoms with van der Waals surface area (Å²) in [6, 6.07) is 4.06. The van der Waals surface area contributed by atoms with Gasteiger partial charge in [0.15, 0.2) is 10.8 Å². The fraction of sp³-hybridized carbons (Fsp3) is 0.556. The monoisotopic (exact) mass is 332 g/mol. The van der Waals surface area contributed by atoms with Crippen LogP contribution in [-0.4, -0.2) is 28.9 Å². The summed E-state index contributed by atoms with van der Waals surface area (Å²) in [7, 11) is 1.93. The standard InChI is InChI=1S/C18H24N2O2S/c1-13-16(19-17(23-13)15-11-8-12-22-15)18(21)20(2)14-9-6-4-3-5-7-10-14/h8,11-12,14H,3-7,9-10H2,1-2H3. The number of rotatable bonds is 3. The Morgan fingerprint density at radius 1 is 1.26 bits per heavy atom. The second-order valence-electron chi connectivity index (χ2n) is 6.32. The van der Waals surface area contributed by atoms with E-state index in [0.29, 0.717) is 11.7 Å². The van der Waals surface area contributed by atoms with E-state index in [2.05, 4.69) is 4.98 Å². The van der Waals surface area contributed by atoms with Crippen LogP contribution in [0.15, 0.2) is 22.8 Å². The number of nitrogens with zero attached hydrogens (tertiary/aromatic N) is 2. The molecule has 0 aliphatic heterocycles. The maximum atomic E-state index is 12.9. The molecule has 1 amide bonds. The molecule has 0 radical (unpaired) electrons. The lowest BCUT2D eigenvalue weighted by molar-refractivity contribution is 0.0701. The van der Waals surface area contributed by atoms with Gasteiger partial charge in [-0.15, -0.1) is 11.3 Å². The first-order valence-corrected chi connectivity index (χ1v) is 9.27. The Morgan fingerprint density at radius 2 is 1.96 bits per heavy atom. The summed E-state index contributed by atoms with van der Waals surface area (Å²) in [5, 5.41) is 0.780. The SMILES string of the molecule is Cc1sc(-c2ccco2)nc1C(=O)N(C)C1CCCCCCC1. The number of thiazole rings is 1. The Bertz CT molecular complexity index is 640. The number of aryl methyl sites for hydroxylation is 1. The fourth-order valence-corrected chi connectivity index (χ4v) is 4.13. The predicted octanol–water partition coefficient (Wildman–Crippen LogP) is 4.90. The third-order valence-electron chi connectivity index (χ3n) is 4.67. The highest BCUT2D eigenvalue weighted by atomic mass is 32.1. The zero-order chi connectivity index (χ0) is 16.2. The van der Waals surface area contributed by atoms with E-state index in [1.165, 1.54) is 43.4 Å². The summed E-state index contributed by atoms with van der Waals surface area (Å²) in [6.07, 6.45) is 10.2. The van der Waals surface area contributed by atoms with Crippen molar-refractivity contribution in [3.63, 3.8) is 0 Å². The minimum atomic E-state index is 0.0436. The van der Waals surface area contributed by atoms with Crippen molar-refractivity contribution in [2.24, 2.45) is 0 Å². The summed E-state index contributed by atoms with van der Waals surface area (Å²) < 4.78 is 5.40. The molecule has 1 fully saturated rings. The van der Waals surface area contributed by atoms with Crippen molar-refractivity contribution in [2.75, 3.05) is 7.05 Å². The summed E-state index contributed by atoms with van der Waals surface area (Å²) in [4.78, 5) is 20.3. The van der Waals surface area contributed by atoms with Crippen molar-refractivity contribution in [2.45, 2.75) is 57.9 Å². The molecule has 23 heavy (non-hydrogen) atoms. The number of carbonyl (C=O) groups is 1. The van der Waals surface area contributed by atoms with Crippen LogP contribution < -0.4 is 0 Å². The highest BCUT2D eigenvalue weighted by molar-refractivity contribution is 7.15. The van der Waals surface area contributed by atoms with Crippen LogP contribution in [0.5, 0.6) is 0 Å². The first-order chi connectivity index (χ1) is 11.2. The summed E-state index contributed by atoms with van der Waals surface area (Å²) in [5.74, 6) is 0.771. The first kappa shape index (κ1) is 16.2. The van der Waals surface area contributed by atoms with Crippen molar-refractivity contribution in [1.29, 1.82) is 0 Å². The van der Waals surface area contributed by atoms with Crippen molar-refractivity contribution >= 4 is 17.2 Å². The summed E-state index contributed by atoms with van der Waals surface area (Å²) in [6.45, 7) is 1.96. The minimum Gasteiger partial charge on any atom is -0.462 e. The van der Waals surface area contributed by atoms with E-state index in [0.717, 1.165) is 28.5 Å². The van der Waals surface area contributed by atoms with Crippen molar-refractivity contribution in [1.82, 2.24) is 9.88 Å². The van der Waals surface area contributed by atoms with Crippen molar-refractivity contribution in [3.05, 3.63) is 29.0 Å². The van der Waals surface area contributed by atoms with Gasteiger partial charge in [-0.2, -0.15) is 0 Å². The molecule has 0 saturated heterocycles. The molecular weight excluding hydrogens is 308 g/mol. The number of aromatic nitrogens is 1. The maximum absolute atomic E-state index is 12.9. The fourth-order valence-electron chi connectivity index (χ4n) is 3.26. The highest BCUT2D eigenvalue weighted by Crippen LogP contribution is 2.29. The lowest BCUT2D eigenvalue weighted by atomic mass is 9.95. The smallest absolute Gasteiger partial charge is 0.273 e. The van der Waals surface area contributed by atoms with Crippen molar-refractivity contribution < 1.29 is 9.21 Å². The number of furan rings is 1. The van der Waals surface area contributed by atoms with Gasteiger partial charge >= 0.3 is 0 Å². The van der Waals surface area contributed by atoms with Gasteiger partial charge < -0.3 is 9.32 Å². The number of carbonyl (C=O) groups excluding carboxylic acids is 1. The third kappa shape index (κ3) is 3.66. The normalized spacial score (nSPS) is 16.8. The Kier molecular flexibility index (Phi) is 5.16. The van der Waals surface area contributed by atoms with E-state index in [-0.39, 0.29) is 5.91 Å². The Balaban J connectivity index is 1.76. The molecule has 0 N–H and O–H groups in total. The molecule has 3 rings (SSSR count). The molecule has 5 heteroatoms. The highest BCUT2D eigenvalue weighted by Gasteiger charge is 2.25. The molecule has 0 unspecified atom stereocenters. The summed E-state index contributed by atoms with van der Waals surface area (Å²) >= 11 is 1.52. The van der Waals surface area contributed by atoms with Gasteiger partial charge in [-0.05, 0) is 31.9 Å². The number of hydrogen-bond donors (Lipinski definition) is 0. The molecule has 0 bridgehead atoms. The second kappa shape index (κ2) is 7.30. The summed E-state index contributed by atoms with van der Waals surface area (Å²) in [5.41, 5.74) is 0.575. The van der Waals surface area contributed by atoms with Crippen molar-refractivity contribution in [3.8, 4) is 10.8 Å². The van der Waals surface area contributed by atoms with E-state index < -0.39 is 0 Å². The molecule has 2 aromatic rings. The van der Waals surface area contributed by atoms with E-state index in [9.17, 15) is 4.79 Å². The van der Waals surface area contributed by atoms with Gasteiger partial charge in [0.05, 0.1) is 6.26 Å².